The summed E-state index contributed by atoms with van der Waals surface area (Å²) in [6.07, 6.45) is 0.0579. The zero-order chi connectivity index (χ0) is 6.78. The Hall–Kier alpha value is -0.180. The number of hydrogen-bond donors (Lipinski definition) is 1. The Kier molecular flexibility index (Phi) is 2.34. The van der Waals surface area contributed by atoms with Crippen molar-refractivity contribution in [3.05, 3.63) is 0 Å². The van der Waals surface area contributed by atoms with Crippen molar-refractivity contribution in [3.63, 3.8) is 0 Å². The molecule has 0 aromatic rings. The lowest BCUT2D eigenvalue weighted by Crippen LogP contribution is -2.15. The van der Waals surface area contributed by atoms with E-state index in [1.165, 1.54) is 0 Å². The first-order valence-corrected chi connectivity index (χ1v) is 2.75. The minimum atomic E-state index is -0.829. The molecule has 0 saturated heterocycles. The van der Waals surface area contributed by atoms with Gasteiger partial charge < -0.3 is 5.11 Å². The van der Waals surface area contributed by atoms with Crippen molar-refractivity contribution in [2.75, 3.05) is 0 Å². The van der Waals surface area contributed by atoms with Crippen LogP contribution in [0.25, 0.3) is 0 Å². The molecule has 0 saturated carbocycles. The number of carboxylic acid groups (broad SMARTS) is 1. The van der Waals surface area contributed by atoms with Crippen molar-refractivity contribution < 1.29 is 9.90 Å². The molecule has 47 valence electrons. The second-order valence-electron chi connectivity index (χ2n) is 2.33. The summed E-state index contributed by atoms with van der Waals surface area (Å²) in [6.45, 7) is 3.44. The first kappa shape index (κ1) is 7.82. The predicted octanol–water partition coefficient (Wildman–Crippen LogP) is 1.44. The van der Waals surface area contributed by atoms with Gasteiger partial charge in [0.1, 0.15) is 0 Å². The van der Waals surface area contributed by atoms with E-state index in [1.807, 2.05) is 0 Å². The lowest BCUT2D eigenvalue weighted by Gasteiger charge is -2.10. The van der Waals surface area contributed by atoms with Gasteiger partial charge in [-0.3, -0.25) is 4.79 Å². The predicted molar refractivity (Wildman–Crippen MR) is 33.9 cm³/mol. The molecule has 0 bridgehead atoms. The fraction of sp³-hybridized carbons (Fsp3) is 0.800. The lowest BCUT2D eigenvalue weighted by molar-refractivity contribution is -0.137. The van der Waals surface area contributed by atoms with E-state index >= 15 is 0 Å². The van der Waals surface area contributed by atoms with Crippen LogP contribution < -0.4 is 0 Å². The molecule has 0 aromatic carbocycles. The van der Waals surface area contributed by atoms with E-state index in [-0.39, 0.29) is 6.42 Å². The highest BCUT2D eigenvalue weighted by molar-refractivity contribution is 7.81. The highest BCUT2D eigenvalue weighted by Crippen LogP contribution is 2.15. The van der Waals surface area contributed by atoms with Crippen LogP contribution in [0.2, 0.25) is 0 Å². The fourth-order valence-corrected chi connectivity index (χ4v) is 0.488. The molecule has 0 aliphatic heterocycles. The van der Waals surface area contributed by atoms with Gasteiger partial charge in [0.05, 0.1) is 6.42 Å². The third-order valence-electron chi connectivity index (χ3n) is 0.577. The van der Waals surface area contributed by atoms with Gasteiger partial charge in [0.2, 0.25) is 0 Å². The second-order valence-corrected chi connectivity index (χ2v) is 3.44. The monoisotopic (exact) mass is 133 g/mol. The molecule has 8 heavy (non-hydrogen) atoms. The van der Waals surface area contributed by atoms with E-state index < -0.39 is 10.7 Å². The average molecular weight is 133 g/mol. The third-order valence-corrected chi connectivity index (χ3v) is 0.721. The molecule has 0 spiro atoms. The zero-order valence-corrected chi connectivity index (χ0v) is 5.79. The molecule has 3 heteroatoms. The molecule has 2 nitrogen and oxygen atoms in total. The van der Waals surface area contributed by atoms with Crippen LogP contribution in [0.15, 0.2) is 0 Å². The summed E-state index contributed by atoms with van der Waals surface area (Å²) < 4.78 is -0.494. The lowest BCUT2D eigenvalue weighted by atomic mass is 10.1. The Morgan fingerprint density at radius 3 is 2.12 bits per heavy atom. The summed E-state index contributed by atoms with van der Waals surface area (Å²) in [5, 5.41) is 8.18. The van der Waals surface area contributed by atoms with E-state index in [0.717, 1.165) is 0 Å². The minimum absolute atomic E-state index is 0.0579. The van der Waals surface area contributed by atoms with Crippen molar-refractivity contribution in [2.24, 2.45) is 0 Å². The Balaban J connectivity index is 3.55. The van der Waals surface area contributed by atoms with Gasteiger partial charge in [0, 0.05) is 4.75 Å². The second kappa shape index (κ2) is 2.40. The molecule has 1 radical (unpaired) electrons. The van der Waals surface area contributed by atoms with Crippen LogP contribution in [0.4, 0.5) is 0 Å². The Morgan fingerprint density at radius 1 is 1.75 bits per heavy atom. The number of carbonyl (C=O) groups is 1. The van der Waals surface area contributed by atoms with Gasteiger partial charge in [0.25, 0.3) is 0 Å². The number of hydrogen-bond acceptors (Lipinski definition) is 1. The maximum Gasteiger partial charge on any atom is 0.304 e. The van der Waals surface area contributed by atoms with Crippen LogP contribution in [0, 0.1) is 0 Å². The minimum Gasteiger partial charge on any atom is -0.481 e. The van der Waals surface area contributed by atoms with E-state index in [9.17, 15) is 4.79 Å². The summed E-state index contributed by atoms with van der Waals surface area (Å²) in [5.41, 5.74) is 0. The SMILES string of the molecule is CC(C)([S])CC(=O)O. The summed E-state index contributed by atoms with van der Waals surface area (Å²) >= 11 is 4.78. The zero-order valence-electron chi connectivity index (χ0n) is 4.97. The van der Waals surface area contributed by atoms with Crippen LogP contribution in [0.5, 0.6) is 0 Å². The number of aliphatic carboxylic acids is 1. The summed E-state index contributed by atoms with van der Waals surface area (Å²) in [4.78, 5) is 9.95. The Morgan fingerprint density at radius 2 is 2.12 bits per heavy atom. The van der Waals surface area contributed by atoms with Gasteiger partial charge in [-0.25, -0.2) is 0 Å². The molecule has 0 aliphatic carbocycles. The first-order chi connectivity index (χ1) is 3.42. The van der Waals surface area contributed by atoms with Gasteiger partial charge in [-0.2, -0.15) is 0 Å². The van der Waals surface area contributed by atoms with Gasteiger partial charge in [0.15, 0.2) is 0 Å². The maximum atomic E-state index is 9.95. The van der Waals surface area contributed by atoms with Crippen LogP contribution in [0.1, 0.15) is 20.3 Å². The van der Waals surface area contributed by atoms with Crippen LogP contribution in [-0.4, -0.2) is 15.8 Å². The van der Waals surface area contributed by atoms with Crippen molar-refractivity contribution >= 4 is 18.6 Å². The molecule has 0 aromatic heterocycles. The Bertz CT molecular complexity index is 93.1. The van der Waals surface area contributed by atoms with Crippen molar-refractivity contribution in [3.8, 4) is 0 Å². The topological polar surface area (TPSA) is 37.3 Å². The summed E-state index contributed by atoms with van der Waals surface area (Å²) in [5.74, 6) is -0.829. The summed E-state index contributed by atoms with van der Waals surface area (Å²) in [7, 11) is 0. The van der Waals surface area contributed by atoms with Gasteiger partial charge in [-0.05, 0) is 13.8 Å². The van der Waals surface area contributed by atoms with Crippen molar-refractivity contribution in [1.29, 1.82) is 0 Å². The standard InChI is InChI=1S/C5H9O2S/c1-5(2,8)3-4(6)7/h3H2,1-2H3,(H,6,7). The molecule has 0 amide bonds. The molecular weight excluding hydrogens is 124 g/mol. The Labute approximate surface area is 54.3 Å². The molecular formula is C5H9O2S. The van der Waals surface area contributed by atoms with Gasteiger partial charge in [-0.15, -0.1) is 0 Å². The van der Waals surface area contributed by atoms with E-state index in [4.69, 9.17) is 17.7 Å². The normalized spacial score (nSPS) is 11.4. The van der Waals surface area contributed by atoms with Crippen LogP contribution in [0.3, 0.4) is 0 Å². The first-order valence-electron chi connectivity index (χ1n) is 2.34. The van der Waals surface area contributed by atoms with E-state index in [1.54, 1.807) is 13.8 Å². The molecule has 0 fully saturated rings. The molecule has 1 N–H and O–H groups in total. The van der Waals surface area contributed by atoms with Crippen molar-refractivity contribution in [2.45, 2.75) is 25.0 Å². The smallest absolute Gasteiger partial charge is 0.304 e. The fourth-order valence-electron chi connectivity index (χ4n) is 0.364. The quantitative estimate of drug-likeness (QED) is 0.618. The largest absolute Gasteiger partial charge is 0.481 e. The van der Waals surface area contributed by atoms with Crippen molar-refractivity contribution in [1.82, 2.24) is 0 Å². The van der Waals surface area contributed by atoms with E-state index in [2.05, 4.69) is 0 Å². The van der Waals surface area contributed by atoms with Crippen LogP contribution >= 0.6 is 12.6 Å². The molecule has 0 rings (SSSR count). The highest BCUT2D eigenvalue weighted by atomic mass is 32.1. The molecule has 0 unspecified atom stereocenters. The third kappa shape index (κ3) is 5.82. The highest BCUT2D eigenvalue weighted by Gasteiger charge is 2.16. The van der Waals surface area contributed by atoms with Crippen LogP contribution in [-0.2, 0) is 4.79 Å². The average Bonchev–Trinajstić information content (AvgIpc) is 1.21. The summed E-state index contributed by atoms with van der Waals surface area (Å²) in [6, 6.07) is 0. The molecule has 0 heterocycles. The molecule has 0 atom stereocenters. The molecule has 0 aliphatic rings. The van der Waals surface area contributed by atoms with Gasteiger partial charge in [-0.1, -0.05) is 12.6 Å². The number of rotatable bonds is 2. The van der Waals surface area contributed by atoms with Gasteiger partial charge >= 0.3 is 5.97 Å². The van der Waals surface area contributed by atoms with E-state index in [0.29, 0.717) is 0 Å². The maximum absolute atomic E-state index is 9.95. The number of carboxylic acids is 1.